The van der Waals surface area contributed by atoms with E-state index in [1.165, 1.54) is 6.07 Å². The van der Waals surface area contributed by atoms with Gasteiger partial charge in [0.25, 0.3) is 5.69 Å². The lowest BCUT2D eigenvalue weighted by molar-refractivity contribution is -0.385. The molecule has 3 aromatic carbocycles. The van der Waals surface area contributed by atoms with Crippen LogP contribution < -0.4 is 20.2 Å². The fraction of sp³-hybridized carbons (Fsp3) is 0.167. The topological polar surface area (TPSA) is 98.0 Å². The number of benzene rings is 3. The quantitative estimate of drug-likeness (QED) is 0.199. The lowest BCUT2D eigenvalue weighted by Gasteiger charge is -2.12. The summed E-state index contributed by atoms with van der Waals surface area (Å²) in [5, 5.41) is 18.6. The van der Waals surface area contributed by atoms with E-state index in [9.17, 15) is 10.1 Å². The van der Waals surface area contributed by atoms with Crippen molar-refractivity contribution in [2.45, 2.75) is 20.0 Å². The van der Waals surface area contributed by atoms with E-state index in [1.54, 1.807) is 32.4 Å². The molecule has 0 aliphatic rings. The first-order valence-corrected chi connectivity index (χ1v) is 10.5. The summed E-state index contributed by atoms with van der Waals surface area (Å²) in [5.41, 5.74) is 6.16. The average molecular weight is 465 g/mol. The highest BCUT2D eigenvalue weighted by molar-refractivity contribution is 7.80. The number of hydrogen-bond donors (Lipinski definition) is 2. The van der Waals surface area contributed by atoms with Crippen molar-refractivity contribution in [1.82, 2.24) is 5.43 Å². The van der Waals surface area contributed by atoms with Crippen LogP contribution in [0.2, 0.25) is 0 Å². The molecule has 0 heterocycles. The maximum Gasteiger partial charge on any atom is 0.272 e. The van der Waals surface area contributed by atoms with Crippen molar-refractivity contribution < 1.29 is 14.4 Å². The second-order valence-electron chi connectivity index (χ2n) is 7.09. The lowest BCUT2D eigenvalue weighted by Crippen LogP contribution is -2.23. The van der Waals surface area contributed by atoms with Gasteiger partial charge in [0.05, 0.1) is 12.0 Å². The number of hydrazone groups is 1. The van der Waals surface area contributed by atoms with Gasteiger partial charge in [-0.2, -0.15) is 5.10 Å². The molecule has 0 amide bonds. The zero-order valence-electron chi connectivity index (χ0n) is 18.3. The summed E-state index contributed by atoms with van der Waals surface area (Å²) in [7, 11) is 1.60. The molecular formula is C24H24N4O4S. The van der Waals surface area contributed by atoms with Crippen LogP contribution >= 0.6 is 12.2 Å². The Morgan fingerprint density at radius 2 is 1.94 bits per heavy atom. The molecule has 0 aliphatic carbocycles. The number of anilines is 1. The van der Waals surface area contributed by atoms with Gasteiger partial charge in [-0.3, -0.25) is 15.5 Å². The van der Waals surface area contributed by atoms with Crippen LogP contribution in [0.25, 0.3) is 0 Å². The number of rotatable bonds is 9. The van der Waals surface area contributed by atoms with Gasteiger partial charge >= 0.3 is 0 Å². The summed E-state index contributed by atoms with van der Waals surface area (Å²) in [5.74, 6) is 1.25. The number of para-hydroxylation sites is 1. The second-order valence-corrected chi connectivity index (χ2v) is 7.50. The zero-order valence-corrected chi connectivity index (χ0v) is 19.1. The monoisotopic (exact) mass is 464 g/mol. The number of nitro benzene ring substituents is 1. The summed E-state index contributed by atoms with van der Waals surface area (Å²) in [6.45, 7) is 1.94. The van der Waals surface area contributed by atoms with Crippen molar-refractivity contribution in [3.8, 4) is 11.5 Å². The van der Waals surface area contributed by atoms with E-state index in [0.29, 0.717) is 28.6 Å². The van der Waals surface area contributed by atoms with E-state index in [4.69, 9.17) is 21.7 Å². The highest BCUT2D eigenvalue weighted by Crippen LogP contribution is 2.26. The number of nitrogens with zero attached hydrogens (tertiary/aromatic N) is 2. The first-order valence-electron chi connectivity index (χ1n) is 10.1. The smallest absolute Gasteiger partial charge is 0.272 e. The van der Waals surface area contributed by atoms with Gasteiger partial charge in [-0.25, -0.2) is 0 Å². The fourth-order valence-electron chi connectivity index (χ4n) is 3.09. The van der Waals surface area contributed by atoms with Gasteiger partial charge in [0.15, 0.2) is 5.11 Å². The van der Waals surface area contributed by atoms with Crippen molar-refractivity contribution in [3.05, 3.63) is 93.5 Å². The standard InChI is InChI=1S/C24H24N4O4S/c1-17-14-21(9-10-22(17)28(29)30)32-16-19-15-18(8-11-23(19)31-2)12-13-25-27-24(33)26-20-6-4-3-5-7-20/h3-11,13-15H,12,16H2,1-2H3,(H2,26,27,33). The lowest BCUT2D eigenvalue weighted by atomic mass is 10.1. The van der Waals surface area contributed by atoms with Gasteiger partial charge in [-0.1, -0.05) is 24.3 Å². The molecule has 0 spiro atoms. The molecule has 0 aliphatic heterocycles. The Balaban J connectivity index is 1.57. The number of methoxy groups -OCH3 is 1. The largest absolute Gasteiger partial charge is 0.496 e. The minimum absolute atomic E-state index is 0.0632. The summed E-state index contributed by atoms with van der Waals surface area (Å²) in [6, 6.07) is 20.1. The third kappa shape index (κ3) is 7.01. The number of ether oxygens (including phenoxy) is 2. The molecule has 8 nitrogen and oxygen atoms in total. The Labute approximate surface area is 197 Å². The molecule has 2 N–H and O–H groups in total. The van der Waals surface area contributed by atoms with Crippen LogP contribution in [0.1, 0.15) is 16.7 Å². The summed E-state index contributed by atoms with van der Waals surface area (Å²) >= 11 is 5.23. The predicted molar refractivity (Wildman–Crippen MR) is 133 cm³/mol. The van der Waals surface area contributed by atoms with Gasteiger partial charge in [-0.05, 0) is 61.1 Å². The second kappa shape index (κ2) is 11.6. The van der Waals surface area contributed by atoms with Crippen LogP contribution in [0.4, 0.5) is 11.4 Å². The van der Waals surface area contributed by atoms with Gasteiger partial charge in [-0.15, -0.1) is 0 Å². The molecule has 0 unspecified atom stereocenters. The molecule has 0 saturated carbocycles. The molecule has 33 heavy (non-hydrogen) atoms. The van der Waals surface area contributed by atoms with E-state index >= 15 is 0 Å². The van der Waals surface area contributed by atoms with Crippen molar-refractivity contribution in [2.24, 2.45) is 5.10 Å². The third-order valence-electron chi connectivity index (χ3n) is 4.72. The van der Waals surface area contributed by atoms with E-state index in [2.05, 4.69) is 15.8 Å². The zero-order chi connectivity index (χ0) is 23.6. The van der Waals surface area contributed by atoms with Crippen LogP contribution in [0.5, 0.6) is 11.5 Å². The minimum atomic E-state index is -0.410. The maximum atomic E-state index is 11.0. The molecular weight excluding hydrogens is 440 g/mol. The number of nitro groups is 1. The molecule has 0 aromatic heterocycles. The Hall–Kier alpha value is -3.98. The van der Waals surface area contributed by atoms with Crippen LogP contribution in [0.3, 0.4) is 0 Å². The molecule has 0 radical (unpaired) electrons. The Bertz CT molecular complexity index is 1150. The number of nitrogens with one attached hydrogen (secondary N) is 2. The van der Waals surface area contributed by atoms with Crippen molar-refractivity contribution >= 4 is 34.9 Å². The number of hydrogen-bond acceptors (Lipinski definition) is 6. The highest BCUT2D eigenvalue weighted by atomic mass is 32.1. The van der Waals surface area contributed by atoms with E-state index in [-0.39, 0.29) is 12.3 Å². The van der Waals surface area contributed by atoms with E-state index in [1.807, 2.05) is 48.5 Å². The SMILES string of the molecule is COc1ccc(CC=NNC(=S)Nc2ccccc2)cc1COc1ccc([N+](=O)[O-])c(C)c1. The number of thiocarbonyl (C=S) groups is 1. The van der Waals surface area contributed by atoms with Gasteiger partial charge in [0.1, 0.15) is 18.1 Å². The predicted octanol–water partition coefficient (Wildman–Crippen LogP) is 5.01. The molecule has 3 rings (SSSR count). The highest BCUT2D eigenvalue weighted by Gasteiger charge is 2.11. The Morgan fingerprint density at radius 3 is 2.64 bits per heavy atom. The van der Waals surface area contributed by atoms with Crippen molar-refractivity contribution in [3.63, 3.8) is 0 Å². The van der Waals surface area contributed by atoms with E-state index < -0.39 is 4.92 Å². The average Bonchev–Trinajstić information content (AvgIpc) is 2.81. The molecule has 3 aromatic rings. The molecule has 170 valence electrons. The van der Waals surface area contributed by atoms with Gasteiger partial charge < -0.3 is 14.8 Å². The fourth-order valence-corrected chi connectivity index (χ4v) is 3.26. The molecule has 0 saturated heterocycles. The van der Waals surface area contributed by atoms with Crippen LogP contribution in [-0.4, -0.2) is 23.4 Å². The first kappa shape index (κ1) is 23.7. The summed E-state index contributed by atoms with van der Waals surface area (Å²) in [4.78, 5) is 10.6. The summed E-state index contributed by atoms with van der Waals surface area (Å²) in [6.07, 6.45) is 2.31. The van der Waals surface area contributed by atoms with Crippen LogP contribution in [0.15, 0.2) is 71.8 Å². The molecule has 9 heteroatoms. The molecule has 0 atom stereocenters. The minimum Gasteiger partial charge on any atom is -0.496 e. The van der Waals surface area contributed by atoms with E-state index in [0.717, 1.165) is 16.8 Å². The van der Waals surface area contributed by atoms with Crippen molar-refractivity contribution in [1.29, 1.82) is 0 Å². The number of aryl methyl sites for hydroxylation is 1. The Morgan fingerprint density at radius 1 is 1.15 bits per heavy atom. The first-order chi connectivity index (χ1) is 16.0. The molecule has 0 fully saturated rings. The normalized spacial score (nSPS) is 10.6. The third-order valence-corrected chi connectivity index (χ3v) is 4.91. The molecule has 0 bridgehead atoms. The van der Waals surface area contributed by atoms with Gasteiger partial charge in [0.2, 0.25) is 0 Å². The van der Waals surface area contributed by atoms with Crippen LogP contribution in [-0.2, 0) is 13.0 Å². The van der Waals surface area contributed by atoms with Crippen molar-refractivity contribution in [2.75, 3.05) is 12.4 Å². The maximum absolute atomic E-state index is 11.0. The van der Waals surface area contributed by atoms with Gasteiger partial charge in [0, 0.05) is 35.5 Å². The van der Waals surface area contributed by atoms with Crippen LogP contribution in [0, 0.1) is 17.0 Å². The Kier molecular flexibility index (Phi) is 8.31. The summed E-state index contributed by atoms with van der Waals surface area (Å²) < 4.78 is 11.3.